The van der Waals surface area contributed by atoms with E-state index in [0.29, 0.717) is 35.3 Å². The highest BCUT2D eigenvalue weighted by molar-refractivity contribution is 8.14. The minimum atomic E-state index is -4.76. The van der Waals surface area contributed by atoms with E-state index in [0.717, 1.165) is 33.5 Å². The Hall–Kier alpha value is -4.36. The zero-order chi connectivity index (χ0) is 32.8. The van der Waals surface area contributed by atoms with Crippen molar-refractivity contribution in [2.45, 2.75) is 64.6 Å². The highest BCUT2D eigenvalue weighted by Crippen LogP contribution is 2.40. The number of anilines is 1. The number of aromatic nitrogens is 3. The Morgan fingerprint density at radius 2 is 1.85 bits per heavy atom. The monoisotopic (exact) mass is 650 g/mol. The highest BCUT2D eigenvalue weighted by atomic mass is 32.2. The van der Waals surface area contributed by atoms with Crippen LogP contribution in [0.5, 0.6) is 5.75 Å². The van der Waals surface area contributed by atoms with Gasteiger partial charge in [0.15, 0.2) is 16.7 Å². The van der Waals surface area contributed by atoms with Gasteiger partial charge in [0.2, 0.25) is 0 Å². The van der Waals surface area contributed by atoms with Crippen LogP contribution in [-0.4, -0.2) is 55.0 Å². The Kier molecular flexibility index (Phi) is 8.32. The van der Waals surface area contributed by atoms with E-state index in [4.69, 9.17) is 0 Å². The summed E-state index contributed by atoms with van der Waals surface area (Å²) in [5, 5.41) is 19.3. The molecule has 0 bridgehead atoms. The first kappa shape index (κ1) is 31.6. The van der Waals surface area contributed by atoms with E-state index in [9.17, 15) is 23.1 Å². The molecule has 2 atom stereocenters. The van der Waals surface area contributed by atoms with Crippen LogP contribution in [0, 0.1) is 6.92 Å². The lowest BCUT2D eigenvalue weighted by Gasteiger charge is -2.33. The third-order valence-electron chi connectivity index (χ3n) is 7.95. The van der Waals surface area contributed by atoms with Gasteiger partial charge in [0.25, 0.3) is 0 Å². The van der Waals surface area contributed by atoms with E-state index in [2.05, 4.69) is 45.0 Å². The standard InChI is InChI=1S/C33H33F3N6O3S/c1-19(2)27-12-5-20(3)13-28(27)42-31(46-17-32(42,4)44)39-30(43)38-24-15-21-6-7-22(14-23(21)16-24)29-37-18-41(40-29)25-8-10-26(11-9-25)45-33(34,35)36/h5-14,18-19,24,44H,15-17H2,1-4H3,(H,38,43). The minimum Gasteiger partial charge on any atom is -0.406 e. The highest BCUT2D eigenvalue weighted by Gasteiger charge is 2.42. The summed E-state index contributed by atoms with van der Waals surface area (Å²) in [7, 11) is 0. The van der Waals surface area contributed by atoms with Crippen molar-refractivity contribution in [3.63, 3.8) is 0 Å². The number of thioether (sulfide) groups is 1. The molecule has 0 spiro atoms. The summed E-state index contributed by atoms with van der Waals surface area (Å²) in [5.41, 5.74) is 5.23. The first-order valence-electron chi connectivity index (χ1n) is 14.8. The van der Waals surface area contributed by atoms with Crippen molar-refractivity contribution >= 4 is 28.6 Å². The van der Waals surface area contributed by atoms with E-state index in [1.54, 1.807) is 11.8 Å². The molecule has 13 heteroatoms. The Morgan fingerprint density at radius 3 is 2.57 bits per heavy atom. The fourth-order valence-electron chi connectivity index (χ4n) is 5.79. The van der Waals surface area contributed by atoms with Crippen LogP contribution in [0.3, 0.4) is 0 Å². The Labute approximate surface area is 268 Å². The molecule has 6 rings (SSSR count). The number of halogens is 3. The molecule has 1 aliphatic heterocycles. The number of nitrogens with zero attached hydrogens (tertiary/aromatic N) is 5. The van der Waals surface area contributed by atoms with Gasteiger partial charge >= 0.3 is 12.4 Å². The minimum absolute atomic E-state index is 0.157. The van der Waals surface area contributed by atoms with Crippen molar-refractivity contribution in [2.24, 2.45) is 4.99 Å². The van der Waals surface area contributed by atoms with Crippen LogP contribution in [-0.2, 0) is 12.8 Å². The number of hydrogen-bond donors (Lipinski definition) is 2. The van der Waals surface area contributed by atoms with Crippen LogP contribution in [0.4, 0.5) is 23.7 Å². The Morgan fingerprint density at radius 1 is 1.11 bits per heavy atom. The number of amides is 2. The number of benzene rings is 3. The maximum atomic E-state index is 13.2. The number of urea groups is 1. The lowest BCUT2D eigenvalue weighted by molar-refractivity contribution is -0.274. The van der Waals surface area contributed by atoms with Gasteiger partial charge in [0.05, 0.1) is 5.69 Å². The maximum Gasteiger partial charge on any atom is 0.573 e. The number of nitrogens with one attached hydrogen (secondary N) is 1. The molecule has 1 saturated heterocycles. The molecule has 1 aliphatic carbocycles. The second-order valence-corrected chi connectivity index (χ2v) is 13.0. The second kappa shape index (κ2) is 12.1. The zero-order valence-electron chi connectivity index (χ0n) is 25.7. The number of ether oxygens (including phenoxy) is 1. The number of fused-ring (bicyclic) bond motifs is 1. The predicted molar refractivity (Wildman–Crippen MR) is 171 cm³/mol. The number of rotatable bonds is 6. The van der Waals surface area contributed by atoms with Gasteiger partial charge in [0, 0.05) is 23.0 Å². The van der Waals surface area contributed by atoms with E-state index in [1.807, 2.05) is 37.3 Å². The summed E-state index contributed by atoms with van der Waals surface area (Å²) in [6.45, 7) is 7.93. The Balaban J connectivity index is 1.14. The van der Waals surface area contributed by atoms with Crippen molar-refractivity contribution < 1.29 is 27.8 Å². The van der Waals surface area contributed by atoms with Gasteiger partial charge < -0.3 is 15.2 Å². The molecule has 2 unspecified atom stereocenters. The molecule has 4 aromatic rings. The van der Waals surface area contributed by atoms with E-state index < -0.39 is 18.1 Å². The molecule has 46 heavy (non-hydrogen) atoms. The average molecular weight is 651 g/mol. The molecule has 0 saturated carbocycles. The molecule has 9 nitrogen and oxygen atoms in total. The maximum absolute atomic E-state index is 13.2. The largest absolute Gasteiger partial charge is 0.573 e. The quantitative estimate of drug-likeness (QED) is 0.238. The number of hydrogen-bond acceptors (Lipinski definition) is 6. The SMILES string of the molecule is Cc1ccc(C(C)C)c(N2C(=NC(=O)NC3Cc4ccc(-c5ncn(-c6ccc(OC(F)(F)F)cc6)n5)cc4C3)SCC2(C)O)c1. The van der Waals surface area contributed by atoms with Crippen LogP contribution in [0.1, 0.15) is 48.9 Å². The van der Waals surface area contributed by atoms with Gasteiger partial charge in [-0.1, -0.05) is 49.9 Å². The lowest BCUT2D eigenvalue weighted by Crippen LogP contribution is -2.46. The summed E-state index contributed by atoms with van der Waals surface area (Å²) in [4.78, 5) is 23.8. The van der Waals surface area contributed by atoms with Crippen molar-refractivity contribution in [3.05, 3.63) is 89.2 Å². The third-order valence-corrected chi connectivity index (χ3v) is 9.17. The molecule has 3 aromatic carbocycles. The van der Waals surface area contributed by atoms with Gasteiger partial charge in [-0.3, -0.25) is 4.90 Å². The van der Waals surface area contributed by atoms with Gasteiger partial charge in [-0.05, 0) is 91.3 Å². The van der Waals surface area contributed by atoms with Gasteiger partial charge in [-0.15, -0.1) is 18.3 Å². The molecule has 2 aliphatic rings. The zero-order valence-corrected chi connectivity index (χ0v) is 26.5. The normalized spacial score (nSPS) is 20.4. The van der Waals surface area contributed by atoms with E-state index >= 15 is 0 Å². The van der Waals surface area contributed by atoms with Crippen molar-refractivity contribution in [3.8, 4) is 22.8 Å². The lowest BCUT2D eigenvalue weighted by atomic mass is 9.98. The molecule has 240 valence electrons. The van der Waals surface area contributed by atoms with Crippen LogP contribution in [0.15, 0.2) is 72.0 Å². The number of aliphatic imine (C=N–C) groups is 1. The number of alkyl halides is 3. The average Bonchev–Trinajstić information content (AvgIpc) is 3.69. The van der Waals surface area contributed by atoms with Crippen molar-refractivity contribution in [1.29, 1.82) is 0 Å². The number of aryl methyl sites for hydroxylation is 1. The summed E-state index contributed by atoms with van der Waals surface area (Å²) in [6.07, 6.45) is -2.02. The molecular formula is C33H33F3N6O3S. The molecular weight excluding hydrogens is 617 g/mol. The van der Waals surface area contributed by atoms with E-state index in [1.165, 1.54) is 47.0 Å². The molecule has 2 heterocycles. The van der Waals surface area contributed by atoms with E-state index in [-0.39, 0.29) is 17.7 Å². The number of amidine groups is 1. The predicted octanol–water partition coefficient (Wildman–Crippen LogP) is 6.76. The fraction of sp³-hybridized carbons (Fsp3) is 0.333. The number of aliphatic hydroxyl groups is 1. The van der Waals surface area contributed by atoms with Gasteiger partial charge in [-0.25, -0.2) is 14.5 Å². The second-order valence-electron chi connectivity index (χ2n) is 12.0. The molecule has 0 radical (unpaired) electrons. The summed E-state index contributed by atoms with van der Waals surface area (Å²) in [5.74, 6) is 0.732. The molecule has 2 amide bonds. The molecule has 2 N–H and O–H groups in total. The number of carbonyl (C=O) groups excluding carboxylic acids is 1. The smallest absolute Gasteiger partial charge is 0.406 e. The molecule has 1 fully saturated rings. The molecule has 1 aromatic heterocycles. The fourth-order valence-corrected chi connectivity index (χ4v) is 6.89. The van der Waals surface area contributed by atoms with Crippen molar-refractivity contribution in [1.82, 2.24) is 20.1 Å². The van der Waals surface area contributed by atoms with Crippen molar-refractivity contribution in [2.75, 3.05) is 10.7 Å². The summed E-state index contributed by atoms with van der Waals surface area (Å²) < 4.78 is 42.8. The summed E-state index contributed by atoms with van der Waals surface area (Å²) in [6, 6.07) is 16.8. The van der Waals surface area contributed by atoms with Crippen LogP contribution >= 0.6 is 11.8 Å². The van der Waals surface area contributed by atoms with Gasteiger partial charge in [-0.2, -0.15) is 4.99 Å². The van der Waals surface area contributed by atoms with Crippen LogP contribution in [0.25, 0.3) is 17.1 Å². The topological polar surface area (TPSA) is 105 Å². The van der Waals surface area contributed by atoms with Crippen LogP contribution < -0.4 is 15.0 Å². The Bertz CT molecular complexity index is 1800. The first-order chi connectivity index (χ1) is 21.8. The van der Waals surface area contributed by atoms with Crippen LogP contribution in [0.2, 0.25) is 0 Å². The first-order valence-corrected chi connectivity index (χ1v) is 15.8. The third kappa shape index (κ3) is 6.75. The number of carbonyl (C=O) groups is 1. The summed E-state index contributed by atoms with van der Waals surface area (Å²) >= 11 is 1.35. The van der Waals surface area contributed by atoms with Gasteiger partial charge in [0.1, 0.15) is 12.1 Å².